The van der Waals surface area contributed by atoms with Gasteiger partial charge in [-0.1, -0.05) is 24.3 Å². The Kier molecular flexibility index (Phi) is 14.6. The van der Waals surface area contributed by atoms with E-state index in [2.05, 4.69) is 42.5 Å². The summed E-state index contributed by atoms with van der Waals surface area (Å²) in [7, 11) is 0. The van der Waals surface area contributed by atoms with Gasteiger partial charge in [0.25, 0.3) is 0 Å². The fraction of sp³-hybridized carbons (Fsp3) is 0.231. The third-order valence-corrected chi connectivity index (χ3v) is 11.6. The minimum atomic E-state index is 0. The molecule has 0 spiro atoms. The molecule has 7 aromatic heterocycles. The number of nitrogens with zero attached hydrogens (tertiary/aromatic N) is 8. The van der Waals surface area contributed by atoms with Crippen molar-refractivity contribution in [1.29, 1.82) is 0 Å². The molecule has 0 unspecified atom stereocenters. The van der Waals surface area contributed by atoms with Crippen LogP contribution in [0.3, 0.4) is 0 Å². The van der Waals surface area contributed by atoms with E-state index < -0.39 is 0 Å². The SMILES string of the molecule is OCCC[n+]1ccccc1-c1c2nc(c(-c3cccc[n+]3CCCO)c3ccc([n-]3)c(-c3cccc[n+]3CCCO)c3nc(c(-c4cccc[n+]4CCCO)c4ccc1[n-]4)C=C3)C=C2.[Mn+2]. The summed E-state index contributed by atoms with van der Waals surface area (Å²) in [6, 6.07) is 32.5. The average molecular weight is 908 g/mol. The first-order valence-electron chi connectivity index (χ1n) is 22.0. The molecule has 65 heavy (non-hydrogen) atoms. The maximum Gasteiger partial charge on any atom is 2.00 e. The van der Waals surface area contributed by atoms with Gasteiger partial charge in [-0.25, -0.2) is 9.97 Å². The van der Waals surface area contributed by atoms with E-state index in [0.717, 1.165) is 89.9 Å². The zero-order valence-corrected chi connectivity index (χ0v) is 37.3. The molecule has 0 amide bonds. The third-order valence-electron chi connectivity index (χ3n) is 11.6. The van der Waals surface area contributed by atoms with Crippen molar-refractivity contribution in [1.82, 2.24) is 19.9 Å². The first kappa shape index (κ1) is 45.1. The topological polar surface area (TPSA) is 150 Å². The van der Waals surface area contributed by atoms with Crippen LogP contribution in [0.4, 0.5) is 0 Å². The Morgan fingerprint density at radius 1 is 0.354 bits per heavy atom. The van der Waals surface area contributed by atoms with Crippen LogP contribution in [0.25, 0.3) is 91.4 Å². The van der Waals surface area contributed by atoms with Gasteiger partial charge in [0.15, 0.2) is 51.0 Å². The van der Waals surface area contributed by atoms with Gasteiger partial charge in [0, 0.05) is 101 Å². The van der Waals surface area contributed by atoms with Crippen molar-refractivity contribution < 1.29 is 55.8 Å². The summed E-state index contributed by atoms with van der Waals surface area (Å²) in [6.45, 7) is 2.60. The van der Waals surface area contributed by atoms with Crippen molar-refractivity contribution in [3.8, 4) is 45.0 Å². The molecular weight excluding hydrogens is 856 g/mol. The third kappa shape index (κ3) is 9.39. The van der Waals surface area contributed by atoms with E-state index >= 15 is 0 Å². The maximum absolute atomic E-state index is 9.92. The van der Waals surface area contributed by atoms with Gasteiger partial charge in [0.05, 0.1) is 45.0 Å². The van der Waals surface area contributed by atoms with Crippen molar-refractivity contribution in [3.63, 3.8) is 0 Å². The van der Waals surface area contributed by atoms with E-state index in [9.17, 15) is 20.4 Å². The Bertz CT molecular complexity index is 2650. The quantitative estimate of drug-likeness (QED) is 0.0759. The number of rotatable bonds is 16. The number of hydrogen-bond acceptors (Lipinski definition) is 6. The van der Waals surface area contributed by atoms with Crippen LogP contribution in [0, 0.1) is 0 Å². The van der Waals surface area contributed by atoms with Crippen LogP contribution in [0.15, 0.2) is 122 Å². The van der Waals surface area contributed by atoms with Crippen molar-refractivity contribution in [3.05, 3.63) is 145 Å². The number of hydrogen-bond donors (Lipinski definition) is 4. The number of aliphatic hydroxyl groups is 4. The second kappa shape index (κ2) is 21.0. The molecule has 9 heterocycles. The summed E-state index contributed by atoms with van der Waals surface area (Å²) in [5.74, 6) is 0. The fourth-order valence-electron chi connectivity index (χ4n) is 8.69. The average Bonchev–Trinajstić information content (AvgIpc) is 4.19. The number of fused-ring (bicyclic) bond motifs is 8. The fourth-order valence-corrected chi connectivity index (χ4v) is 8.69. The first-order valence-corrected chi connectivity index (χ1v) is 22.0. The van der Waals surface area contributed by atoms with Crippen LogP contribution in [0.1, 0.15) is 48.5 Å². The Hall–Kier alpha value is -6.44. The van der Waals surface area contributed by atoms with Crippen molar-refractivity contribution >= 4 is 46.4 Å². The summed E-state index contributed by atoms with van der Waals surface area (Å²) in [6.07, 6.45) is 18.6. The summed E-state index contributed by atoms with van der Waals surface area (Å²) in [5.41, 5.74) is 12.8. The Labute approximate surface area is 388 Å². The maximum atomic E-state index is 9.92. The molecule has 1 radical (unpaired) electrons. The van der Waals surface area contributed by atoms with Gasteiger partial charge in [-0.3, -0.25) is 0 Å². The van der Waals surface area contributed by atoms with Crippen molar-refractivity contribution in [2.45, 2.75) is 51.9 Å². The monoisotopic (exact) mass is 907 g/mol. The first-order chi connectivity index (χ1) is 31.6. The molecule has 4 N–H and O–H groups in total. The minimum Gasteiger partial charge on any atom is -0.656 e. The van der Waals surface area contributed by atoms with Crippen LogP contribution in [-0.2, 0) is 43.2 Å². The van der Waals surface area contributed by atoms with E-state index in [1.54, 1.807) is 0 Å². The second-order valence-corrected chi connectivity index (χ2v) is 15.8. The van der Waals surface area contributed by atoms with Gasteiger partial charge >= 0.3 is 17.1 Å². The zero-order valence-electron chi connectivity index (χ0n) is 36.1. The zero-order chi connectivity index (χ0) is 43.8. The van der Waals surface area contributed by atoms with Crippen LogP contribution >= 0.6 is 0 Å². The number of aromatic nitrogens is 8. The molecule has 7 aromatic rings. The van der Waals surface area contributed by atoms with Gasteiger partial charge < -0.3 is 30.4 Å². The van der Waals surface area contributed by atoms with Crippen molar-refractivity contribution in [2.75, 3.05) is 26.4 Å². The molecular formula is C52H52MnN8O4+4. The normalized spacial score (nSPS) is 11.9. The summed E-state index contributed by atoms with van der Waals surface area (Å²) in [4.78, 5) is 21.9. The number of aryl methyl sites for hydroxylation is 4. The molecule has 0 aliphatic carbocycles. The predicted octanol–water partition coefficient (Wildman–Crippen LogP) is 5.26. The van der Waals surface area contributed by atoms with Gasteiger partial charge in [0.1, 0.15) is 0 Å². The van der Waals surface area contributed by atoms with E-state index in [1.807, 2.05) is 122 Å². The Morgan fingerprint density at radius 3 is 0.831 bits per heavy atom. The summed E-state index contributed by atoms with van der Waals surface area (Å²) >= 11 is 0. The molecule has 9 rings (SSSR count). The standard InChI is InChI=1S/C52H52N8O4.Mn/c61-33-9-29-57-25-5-1-13-45(57)49-37-17-19-39(53-37)50(46-14-2-6-26-58(46)30-10-34-62)41-21-23-43(55-41)52(48-16-4-8-28-60(48)32-12-36-64)44-24-22-42(56-44)51(40-20-18-38(49)54-40)47-15-3-7-27-59(47)31-11-35-63;/h1-8,13-28,61-64H,9-12,29-36H2;/q2*+2. The van der Waals surface area contributed by atoms with Crippen LogP contribution in [-0.4, -0.2) is 56.8 Å². The van der Waals surface area contributed by atoms with E-state index in [4.69, 9.17) is 19.9 Å². The Balaban J connectivity index is 0.00000576. The molecule has 327 valence electrons. The van der Waals surface area contributed by atoms with Gasteiger partial charge in [-0.05, 0) is 48.6 Å². The van der Waals surface area contributed by atoms with E-state index in [-0.39, 0.29) is 43.5 Å². The van der Waals surface area contributed by atoms with E-state index in [0.29, 0.717) is 51.9 Å². The van der Waals surface area contributed by atoms with Crippen molar-refractivity contribution in [2.24, 2.45) is 0 Å². The second-order valence-electron chi connectivity index (χ2n) is 15.8. The molecule has 0 saturated heterocycles. The minimum absolute atomic E-state index is 0. The molecule has 0 atom stereocenters. The molecule has 8 bridgehead atoms. The van der Waals surface area contributed by atoms with Gasteiger partial charge in [-0.15, -0.1) is 22.1 Å². The number of aliphatic hydroxyl groups excluding tert-OH is 4. The van der Waals surface area contributed by atoms with E-state index in [1.165, 1.54) is 0 Å². The molecule has 2 aliphatic heterocycles. The molecule has 12 nitrogen and oxygen atoms in total. The summed E-state index contributed by atoms with van der Waals surface area (Å²) in [5, 5.41) is 39.7. The smallest absolute Gasteiger partial charge is 0.656 e. The van der Waals surface area contributed by atoms with Gasteiger partial charge in [0.2, 0.25) is 22.8 Å². The predicted molar refractivity (Wildman–Crippen MR) is 246 cm³/mol. The number of pyridine rings is 4. The van der Waals surface area contributed by atoms with Crippen LogP contribution in [0.2, 0.25) is 0 Å². The van der Waals surface area contributed by atoms with Gasteiger partial charge in [-0.2, -0.15) is 18.3 Å². The Morgan fingerprint density at radius 2 is 0.600 bits per heavy atom. The molecule has 13 heteroatoms. The van der Waals surface area contributed by atoms with Crippen LogP contribution < -0.4 is 28.2 Å². The molecule has 0 saturated carbocycles. The molecule has 0 aromatic carbocycles. The van der Waals surface area contributed by atoms with Crippen LogP contribution in [0.5, 0.6) is 0 Å². The molecule has 2 aliphatic rings. The summed E-state index contributed by atoms with van der Waals surface area (Å²) < 4.78 is 8.58. The largest absolute Gasteiger partial charge is 2.00 e. The molecule has 0 fully saturated rings.